The highest BCUT2D eigenvalue weighted by atomic mass is 32.1. The third-order valence-corrected chi connectivity index (χ3v) is 4.93. The van der Waals surface area contributed by atoms with E-state index in [2.05, 4.69) is 26.8 Å². The van der Waals surface area contributed by atoms with Gasteiger partial charge >= 0.3 is 0 Å². The number of amides is 1. The number of thiophene rings is 1. The topological polar surface area (TPSA) is 20.3 Å². The van der Waals surface area contributed by atoms with Crippen LogP contribution in [0, 0.1) is 12.8 Å². The van der Waals surface area contributed by atoms with Crippen LogP contribution in [0.3, 0.4) is 0 Å². The van der Waals surface area contributed by atoms with Gasteiger partial charge < -0.3 is 4.90 Å². The zero-order valence-electron chi connectivity index (χ0n) is 11.1. The molecular weight excluding hydrogens is 230 g/mol. The van der Waals surface area contributed by atoms with E-state index < -0.39 is 0 Å². The predicted octanol–water partition coefficient (Wildman–Crippen LogP) is 3.49. The summed E-state index contributed by atoms with van der Waals surface area (Å²) < 4.78 is 0. The fourth-order valence-electron chi connectivity index (χ4n) is 2.23. The average molecular weight is 251 g/mol. The molecule has 1 saturated carbocycles. The quantitative estimate of drug-likeness (QED) is 0.802. The largest absolute Gasteiger partial charge is 0.338 e. The second-order valence-corrected chi connectivity index (χ2v) is 6.30. The van der Waals surface area contributed by atoms with E-state index in [9.17, 15) is 4.79 Å². The zero-order chi connectivity index (χ0) is 12.6. The second-order valence-electron chi connectivity index (χ2n) is 5.04. The Labute approximate surface area is 108 Å². The summed E-state index contributed by atoms with van der Waals surface area (Å²) in [5, 5.41) is 0. The second kappa shape index (κ2) is 4.81. The maximum Gasteiger partial charge on any atom is 0.263 e. The molecule has 17 heavy (non-hydrogen) atoms. The van der Waals surface area contributed by atoms with Gasteiger partial charge in [-0.15, -0.1) is 11.3 Å². The molecule has 1 aromatic rings. The fourth-order valence-corrected chi connectivity index (χ4v) is 3.33. The highest BCUT2D eigenvalue weighted by molar-refractivity contribution is 7.14. The van der Waals surface area contributed by atoms with Crippen molar-refractivity contribution in [3.63, 3.8) is 0 Å². The summed E-state index contributed by atoms with van der Waals surface area (Å²) in [6, 6.07) is 2.45. The highest BCUT2D eigenvalue weighted by Gasteiger charge is 2.33. The molecule has 1 fully saturated rings. The van der Waals surface area contributed by atoms with Gasteiger partial charge in [0.1, 0.15) is 0 Å². The lowest BCUT2D eigenvalue weighted by Gasteiger charge is -2.24. The molecule has 0 aliphatic heterocycles. The third-order valence-electron chi connectivity index (χ3n) is 3.85. The molecule has 3 heteroatoms. The average Bonchev–Trinajstić information content (AvgIpc) is 3.10. The van der Waals surface area contributed by atoms with Gasteiger partial charge in [0.15, 0.2) is 0 Å². The van der Waals surface area contributed by atoms with Crippen molar-refractivity contribution >= 4 is 17.2 Å². The van der Waals surface area contributed by atoms with E-state index in [1.807, 2.05) is 11.9 Å². The Balaban J connectivity index is 2.12. The van der Waals surface area contributed by atoms with Crippen LogP contribution < -0.4 is 0 Å². The van der Waals surface area contributed by atoms with Crippen LogP contribution in [0.1, 0.15) is 46.8 Å². The summed E-state index contributed by atoms with van der Waals surface area (Å²) in [6.45, 7) is 6.40. The van der Waals surface area contributed by atoms with Crippen LogP contribution >= 0.6 is 11.3 Å². The molecule has 0 bridgehead atoms. The number of rotatable bonds is 4. The molecular formula is C14H21NOS. The minimum Gasteiger partial charge on any atom is -0.338 e. The molecule has 94 valence electrons. The normalized spacial score (nSPS) is 16.9. The first kappa shape index (κ1) is 12.6. The van der Waals surface area contributed by atoms with Gasteiger partial charge in [0.2, 0.25) is 0 Å². The third kappa shape index (κ3) is 2.54. The number of hydrogen-bond acceptors (Lipinski definition) is 2. The Morgan fingerprint density at radius 1 is 1.59 bits per heavy atom. The maximum absolute atomic E-state index is 12.3. The molecule has 1 aromatic heterocycles. The fraction of sp³-hybridized carbons (Fsp3) is 0.643. The molecule has 1 aliphatic carbocycles. The van der Waals surface area contributed by atoms with Crippen LogP contribution in [0.2, 0.25) is 0 Å². The minimum atomic E-state index is 0.192. The van der Waals surface area contributed by atoms with Gasteiger partial charge in [-0.05, 0) is 50.7 Å². The van der Waals surface area contributed by atoms with Crippen molar-refractivity contribution in [1.29, 1.82) is 0 Å². The smallest absolute Gasteiger partial charge is 0.263 e. The van der Waals surface area contributed by atoms with Crippen molar-refractivity contribution in [2.75, 3.05) is 7.05 Å². The van der Waals surface area contributed by atoms with Crippen LogP contribution in [-0.2, 0) is 6.42 Å². The molecule has 1 unspecified atom stereocenters. The van der Waals surface area contributed by atoms with Crippen molar-refractivity contribution in [3.05, 3.63) is 21.4 Å². The number of nitrogens with zero attached hydrogens (tertiary/aromatic N) is 1. The zero-order valence-corrected chi connectivity index (χ0v) is 11.9. The Morgan fingerprint density at radius 2 is 2.24 bits per heavy atom. The van der Waals surface area contributed by atoms with Crippen LogP contribution in [0.5, 0.6) is 0 Å². The van der Waals surface area contributed by atoms with E-state index in [-0.39, 0.29) is 5.91 Å². The first-order chi connectivity index (χ1) is 8.04. The molecule has 0 saturated heterocycles. The summed E-state index contributed by atoms with van der Waals surface area (Å²) >= 11 is 1.63. The lowest BCUT2D eigenvalue weighted by atomic mass is 10.1. The van der Waals surface area contributed by atoms with Gasteiger partial charge in [-0.3, -0.25) is 4.79 Å². The van der Waals surface area contributed by atoms with Crippen molar-refractivity contribution in [2.45, 2.75) is 46.1 Å². The van der Waals surface area contributed by atoms with E-state index in [0.717, 1.165) is 17.2 Å². The number of carbonyl (C=O) groups excluding carboxylic acids is 1. The van der Waals surface area contributed by atoms with Crippen molar-refractivity contribution in [1.82, 2.24) is 4.90 Å². The molecule has 1 heterocycles. The van der Waals surface area contributed by atoms with Crippen LogP contribution in [-0.4, -0.2) is 23.9 Å². The van der Waals surface area contributed by atoms with E-state index in [1.54, 1.807) is 11.3 Å². The number of carbonyl (C=O) groups is 1. The van der Waals surface area contributed by atoms with Crippen molar-refractivity contribution in [3.8, 4) is 0 Å². The molecule has 1 aliphatic rings. The van der Waals surface area contributed by atoms with Gasteiger partial charge in [0.05, 0.1) is 4.88 Å². The van der Waals surface area contributed by atoms with E-state index >= 15 is 0 Å². The van der Waals surface area contributed by atoms with Gasteiger partial charge in [-0.2, -0.15) is 0 Å². The van der Waals surface area contributed by atoms with E-state index in [1.165, 1.54) is 23.3 Å². The Bertz CT molecular complexity index is 420. The summed E-state index contributed by atoms with van der Waals surface area (Å²) in [5.74, 6) is 0.924. The highest BCUT2D eigenvalue weighted by Crippen LogP contribution is 2.35. The van der Waals surface area contributed by atoms with Crippen LogP contribution in [0.25, 0.3) is 0 Å². The maximum atomic E-state index is 12.3. The summed E-state index contributed by atoms with van der Waals surface area (Å²) in [6.07, 6.45) is 3.57. The summed E-state index contributed by atoms with van der Waals surface area (Å²) in [4.78, 5) is 16.4. The minimum absolute atomic E-state index is 0.192. The summed E-state index contributed by atoms with van der Waals surface area (Å²) in [5.41, 5.74) is 1.31. The molecule has 0 spiro atoms. The van der Waals surface area contributed by atoms with Gasteiger partial charge in [0, 0.05) is 18.0 Å². The van der Waals surface area contributed by atoms with Crippen molar-refractivity contribution < 1.29 is 4.79 Å². The SMILES string of the molecule is CCc1cc(C(=O)N(C)C(C)C2CC2)sc1C. The standard InChI is InChI=1S/C14H21NOS/c1-5-11-8-13(17-10(11)3)14(16)15(4)9(2)12-6-7-12/h8-9,12H,5-7H2,1-4H3. The number of aryl methyl sites for hydroxylation is 2. The van der Waals surface area contributed by atoms with Crippen LogP contribution in [0.4, 0.5) is 0 Å². The summed E-state index contributed by atoms with van der Waals surface area (Å²) in [7, 11) is 1.94. The molecule has 1 atom stereocenters. The Morgan fingerprint density at radius 3 is 2.71 bits per heavy atom. The Kier molecular flexibility index (Phi) is 3.57. The first-order valence-corrected chi connectivity index (χ1v) is 7.22. The lowest BCUT2D eigenvalue weighted by molar-refractivity contribution is 0.0732. The van der Waals surface area contributed by atoms with Gasteiger partial charge in [0.25, 0.3) is 5.91 Å². The molecule has 0 radical (unpaired) electrons. The molecule has 0 aromatic carbocycles. The van der Waals surface area contributed by atoms with E-state index in [4.69, 9.17) is 0 Å². The van der Waals surface area contributed by atoms with Gasteiger partial charge in [-0.25, -0.2) is 0 Å². The van der Waals surface area contributed by atoms with Gasteiger partial charge in [-0.1, -0.05) is 6.92 Å². The molecule has 2 nitrogen and oxygen atoms in total. The molecule has 2 rings (SSSR count). The van der Waals surface area contributed by atoms with E-state index in [0.29, 0.717) is 6.04 Å². The van der Waals surface area contributed by atoms with Crippen molar-refractivity contribution in [2.24, 2.45) is 5.92 Å². The predicted molar refractivity (Wildman–Crippen MR) is 72.7 cm³/mol. The lowest BCUT2D eigenvalue weighted by Crippen LogP contribution is -2.35. The molecule has 1 amide bonds. The monoisotopic (exact) mass is 251 g/mol. The Hall–Kier alpha value is -0.830. The molecule has 0 N–H and O–H groups in total. The van der Waals surface area contributed by atoms with Crippen LogP contribution in [0.15, 0.2) is 6.07 Å². The number of hydrogen-bond donors (Lipinski definition) is 0. The first-order valence-electron chi connectivity index (χ1n) is 6.41.